The normalized spacial score (nSPS) is 10.8. The summed E-state index contributed by atoms with van der Waals surface area (Å²) in [5.41, 5.74) is 3.86. The average molecular weight is 534 g/mol. The lowest BCUT2D eigenvalue weighted by molar-refractivity contribution is -0.118. The minimum atomic E-state index is -0.493. The first kappa shape index (κ1) is 25.5. The predicted molar refractivity (Wildman–Crippen MR) is 139 cm³/mol. The number of methoxy groups -OCH3 is 1. The Hall–Kier alpha value is -4.09. The molecule has 3 aromatic carbocycles. The van der Waals surface area contributed by atoms with E-state index in [1.807, 2.05) is 32.0 Å². The summed E-state index contributed by atoms with van der Waals surface area (Å²) in [6.45, 7) is 3.67. The Morgan fingerprint density at radius 3 is 2.46 bits per heavy atom. The number of nitrogens with one attached hydrogen (secondary N) is 2. The van der Waals surface area contributed by atoms with Crippen molar-refractivity contribution in [2.45, 2.75) is 13.8 Å². The van der Waals surface area contributed by atoms with Gasteiger partial charge < -0.3 is 20.1 Å². The molecule has 0 aliphatic heterocycles. The number of anilines is 2. The van der Waals surface area contributed by atoms with E-state index in [9.17, 15) is 14.9 Å². The number of rotatable bonds is 8. The Morgan fingerprint density at radius 2 is 1.80 bits per heavy atom. The summed E-state index contributed by atoms with van der Waals surface area (Å²) in [5.74, 6) is 0.332. The monoisotopic (exact) mass is 533 g/mol. The first-order valence-electron chi connectivity index (χ1n) is 10.7. The van der Waals surface area contributed by atoms with Crippen LogP contribution in [0.2, 0.25) is 0 Å². The van der Waals surface area contributed by atoms with E-state index in [1.165, 1.54) is 6.08 Å². The molecule has 35 heavy (non-hydrogen) atoms. The maximum atomic E-state index is 12.6. The molecule has 0 unspecified atom stereocenters. The molecule has 0 bridgehead atoms. The Bertz CT molecular complexity index is 1310. The average Bonchev–Trinajstić information content (AvgIpc) is 2.85. The molecule has 178 valence electrons. The van der Waals surface area contributed by atoms with Crippen LogP contribution >= 0.6 is 15.9 Å². The number of aryl methyl sites for hydroxylation is 1. The van der Waals surface area contributed by atoms with E-state index in [1.54, 1.807) is 55.6 Å². The molecule has 2 N–H and O–H groups in total. The number of amides is 2. The zero-order valence-corrected chi connectivity index (χ0v) is 21.1. The van der Waals surface area contributed by atoms with E-state index in [4.69, 9.17) is 9.47 Å². The molecule has 0 heterocycles. The van der Waals surface area contributed by atoms with Crippen LogP contribution in [0.1, 0.15) is 16.7 Å². The van der Waals surface area contributed by atoms with Gasteiger partial charge in [0.25, 0.3) is 11.8 Å². The van der Waals surface area contributed by atoms with Gasteiger partial charge in [0.2, 0.25) is 0 Å². The van der Waals surface area contributed by atoms with Crippen molar-refractivity contribution >= 4 is 45.2 Å². The van der Waals surface area contributed by atoms with E-state index in [-0.39, 0.29) is 18.1 Å². The number of halogens is 1. The smallest absolute Gasteiger partial charge is 0.266 e. The molecule has 3 rings (SSSR count). The Balaban J connectivity index is 1.63. The van der Waals surface area contributed by atoms with Crippen LogP contribution in [0.3, 0.4) is 0 Å². The molecular formula is C27H24BrN3O4. The molecule has 0 aromatic heterocycles. The van der Waals surface area contributed by atoms with Gasteiger partial charge in [0.1, 0.15) is 23.1 Å². The van der Waals surface area contributed by atoms with Gasteiger partial charge in [-0.25, -0.2) is 0 Å². The number of hydrogen-bond acceptors (Lipinski definition) is 5. The Labute approximate surface area is 212 Å². The third-order valence-electron chi connectivity index (χ3n) is 5.22. The lowest BCUT2D eigenvalue weighted by atomic mass is 10.1. The van der Waals surface area contributed by atoms with Gasteiger partial charge in [0, 0.05) is 11.4 Å². The third-order valence-corrected chi connectivity index (χ3v) is 5.84. The molecule has 0 saturated heterocycles. The Morgan fingerprint density at radius 1 is 1.06 bits per heavy atom. The van der Waals surface area contributed by atoms with Crippen molar-refractivity contribution in [2.24, 2.45) is 0 Å². The van der Waals surface area contributed by atoms with Gasteiger partial charge in [-0.3, -0.25) is 9.59 Å². The third kappa shape index (κ3) is 6.95. The van der Waals surface area contributed by atoms with Crippen LogP contribution < -0.4 is 20.1 Å². The molecule has 0 spiro atoms. The van der Waals surface area contributed by atoms with Gasteiger partial charge in [-0.05, 0) is 95.0 Å². The maximum Gasteiger partial charge on any atom is 0.266 e. The highest BCUT2D eigenvalue weighted by atomic mass is 79.9. The standard InChI is InChI=1S/C27H24BrN3O4/c1-17-5-4-6-24(18(17)2)31-27(33)20(15-29)13-19-7-12-25(23(28)14-19)35-16-26(32)30-21-8-10-22(34-3)11-9-21/h4-14H,16H2,1-3H3,(H,30,32)(H,31,33)/b20-13-. The SMILES string of the molecule is COc1ccc(NC(=O)COc2ccc(/C=C(/C#N)C(=O)Nc3cccc(C)c3C)cc2Br)cc1. The maximum absolute atomic E-state index is 12.6. The van der Waals surface area contributed by atoms with Gasteiger partial charge in [-0.1, -0.05) is 18.2 Å². The second-order valence-corrected chi connectivity index (χ2v) is 8.48. The number of carbonyl (C=O) groups is 2. The van der Waals surface area contributed by atoms with Crippen LogP contribution in [-0.4, -0.2) is 25.5 Å². The summed E-state index contributed by atoms with van der Waals surface area (Å²) < 4.78 is 11.3. The van der Waals surface area contributed by atoms with E-state index in [0.29, 0.717) is 32.9 Å². The van der Waals surface area contributed by atoms with Gasteiger partial charge in [0.05, 0.1) is 11.6 Å². The zero-order valence-electron chi connectivity index (χ0n) is 19.5. The van der Waals surface area contributed by atoms with E-state index >= 15 is 0 Å². The van der Waals surface area contributed by atoms with E-state index in [2.05, 4.69) is 26.6 Å². The van der Waals surface area contributed by atoms with Crippen molar-refractivity contribution in [3.05, 3.63) is 87.4 Å². The topological polar surface area (TPSA) is 100 Å². The number of hydrogen-bond donors (Lipinski definition) is 2. The van der Waals surface area contributed by atoms with Gasteiger partial charge in [-0.15, -0.1) is 0 Å². The highest BCUT2D eigenvalue weighted by Crippen LogP contribution is 2.27. The lowest BCUT2D eigenvalue weighted by Gasteiger charge is -2.11. The second kappa shape index (κ2) is 11.9. The predicted octanol–water partition coefficient (Wildman–Crippen LogP) is 5.64. The van der Waals surface area contributed by atoms with Crippen LogP contribution in [-0.2, 0) is 9.59 Å². The molecule has 0 atom stereocenters. The number of ether oxygens (including phenoxy) is 2. The number of benzene rings is 3. The van der Waals surface area contributed by atoms with Gasteiger partial charge in [0.15, 0.2) is 6.61 Å². The van der Waals surface area contributed by atoms with Gasteiger partial charge >= 0.3 is 0 Å². The van der Waals surface area contributed by atoms with E-state index < -0.39 is 5.91 Å². The first-order chi connectivity index (χ1) is 16.8. The molecule has 8 heteroatoms. The van der Waals surface area contributed by atoms with Crippen molar-refractivity contribution < 1.29 is 19.1 Å². The van der Waals surface area contributed by atoms with Gasteiger partial charge in [-0.2, -0.15) is 5.26 Å². The van der Waals surface area contributed by atoms with Crippen molar-refractivity contribution in [1.29, 1.82) is 5.26 Å². The van der Waals surface area contributed by atoms with Crippen LogP contribution in [0, 0.1) is 25.2 Å². The molecule has 0 aliphatic carbocycles. The highest BCUT2D eigenvalue weighted by Gasteiger charge is 2.13. The van der Waals surface area contributed by atoms with Crippen molar-refractivity contribution in [3.63, 3.8) is 0 Å². The molecule has 0 radical (unpaired) electrons. The summed E-state index contributed by atoms with van der Waals surface area (Å²) in [4.78, 5) is 24.8. The Kier molecular flexibility index (Phi) is 8.65. The molecule has 3 aromatic rings. The molecule has 0 aliphatic rings. The number of nitrogens with zero attached hydrogens (tertiary/aromatic N) is 1. The quantitative estimate of drug-likeness (QED) is 0.288. The first-order valence-corrected chi connectivity index (χ1v) is 11.5. The van der Waals surface area contributed by atoms with E-state index in [0.717, 1.165) is 11.1 Å². The van der Waals surface area contributed by atoms with Crippen molar-refractivity contribution in [3.8, 4) is 17.6 Å². The fraction of sp³-hybridized carbons (Fsp3) is 0.148. The minimum absolute atomic E-state index is 0.0367. The lowest BCUT2D eigenvalue weighted by Crippen LogP contribution is -2.20. The summed E-state index contributed by atoms with van der Waals surface area (Å²) in [6.07, 6.45) is 1.49. The summed E-state index contributed by atoms with van der Waals surface area (Å²) >= 11 is 3.42. The zero-order chi connectivity index (χ0) is 25.4. The minimum Gasteiger partial charge on any atom is -0.497 e. The fourth-order valence-corrected chi connectivity index (χ4v) is 3.64. The van der Waals surface area contributed by atoms with Crippen molar-refractivity contribution in [1.82, 2.24) is 0 Å². The molecule has 0 fully saturated rings. The molecule has 7 nitrogen and oxygen atoms in total. The summed E-state index contributed by atoms with van der Waals surface area (Å²) in [6, 6.07) is 19.6. The number of carbonyl (C=O) groups excluding carboxylic acids is 2. The summed E-state index contributed by atoms with van der Waals surface area (Å²) in [5, 5.41) is 15.0. The molecule has 2 amide bonds. The van der Waals surface area contributed by atoms with Crippen LogP contribution in [0.25, 0.3) is 6.08 Å². The molecular weight excluding hydrogens is 510 g/mol. The van der Waals surface area contributed by atoms with Crippen LogP contribution in [0.5, 0.6) is 11.5 Å². The van der Waals surface area contributed by atoms with Crippen LogP contribution in [0.4, 0.5) is 11.4 Å². The van der Waals surface area contributed by atoms with Crippen LogP contribution in [0.15, 0.2) is 70.7 Å². The van der Waals surface area contributed by atoms with Crippen molar-refractivity contribution in [2.75, 3.05) is 24.4 Å². The second-order valence-electron chi connectivity index (χ2n) is 7.63. The highest BCUT2D eigenvalue weighted by molar-refractivity contribution is 9.10. The fourth-order valence-electron chi connectivity index (χ4n) is 3.13. The number of nitriles is 1. The summed E-state index contributed by atoms with van der Waals surface area (Å²) in [7, 11) is 1.57. The molecule has 0 saturated carbocycles. The largest absolute Gasteiger partial charge is 0.497 e.